The molecular formula is C23H34O5. The fourth-order valence-electron chi connectivity index (χ4n) is 4.76. The van der Waals surface area contributed by atoms with E-state index in [1.165, 1.54) is 0 Å². The zero-order valence-corrected chi connectivity index (χ0v) is 16.8. The average Bonchev–Trinajstić information content (AvgIpc) is 2.96. The summed E-state index contributed by atoms with van der Waals surface area (Å²) in [5, 5.41) is 21.4. The van der Waals surface area contributed by atoms with Crippen LogP contribution in [0.5, 0.6) is 0 Å². The van der Waals surface area contributed by atoms with Gasteiger partial charge < -0.3 is 24.5 Å². The Hall–Kier alpha value is -1.27. The van der Waals surface area contributed by atoms with E-state index in [0.717, 1.165) is 31.1 Å². The molecule has 5 heteroatoms. The molecule has 1 heterocycles. The van der Waals surface area contributed by atoms with Crippen LogP contribution >= 0.6 is 0 Å². The topological polar surface area (TPSA) is 76.0 Å². The molecule has 0 spiro atoms. The molecule has 6 unspecified atom stereocenters. The molecule has 3 rings (SSSR count). The van der Waals surface area contributed by atoms with Crippen LogP contribution in [0.3, 0.4) is 0 Å². The van der Waals surface area contributed by atoms with Crippen molar-refractivity contribution in [3.63, 3.8) is 0 Å². The zero-order valence-electron chi connectivity index (χ0n) is 16.8. The van der Waals surface area contributed by atoms with E-state index in [4.69, 9.17) is 9.47 Å². The molecule has 1 saturated carbocycles. The highest BCUT2D eigenvalue weighted by Crippen LogP contribution is 2.41. The lowest BCUT2D eigenvalue weighted by atomic mass is 9.82. The Morgan fingerprint density at radius 1 is 1.25 bits per heavy atom. The summed E-state index contributed by atoms with van der Waals surface area (Å²) in [4.78, 5) is 11.2. The van der Waals surface area contributed by atoms with E-state index in [-0.39, 0.29) is 24.2 Å². The Balaban J connectivity index is 1.62. The molecule has 5 nitrogen and oxygen atoms in total. The van der Waals surface area contributed by atoms with E-state index >= 15 is 0 Å². The summed E-state index contributed by atoms with van der Waals surface area (Å²) >= 11 is 0. The number of aldehydes is 1. The van der Waals surface area contributed by atoms with Gasteiger partial charge in [-0.15, -0.1) is 0 Å². The molecule has 0 bridgehead atoms. The number of hydrogen-bond acceptors (Lipinski definition) is 5. The largest absolute Gasteiger partial charge is 0.393 e. The summed E-state index contributed by atoms with van der Waals surface area (Å²) in [5.74, 6) is -0.0633. The number of aliphatic hydroxyl groups is 2. The zero-order chi connectivity index (χ0) is 20.0. The van der Waals surface area contributed by atoms with Gasteiger partial charge in [0.1, 0.15) is 6.29 Å². The number of rotatable bonds is 9. The molecule has 1 aromatic carbocycles. The van der Waals surface area contributed by atoms with Crippen molar-refractivity contribution in [3.05, 3.63) is 35.9 Å². The third-order valence-corrected chi connectivity index (χ3v) is 6.27. The van der Waals surface area contributed by atoms with Crippen LogP contribution in [0.1, 0.15) is 57.4 Å². The van der Waals surface area contributed by atoms with Gasteiger partial charge in [-0.2, -0.15) is 0 Å². The fourth-order valence-corrected chi connectivity index (χ4v) is 4.76. The van der Waals surface area contributed by atoms with Gasteiger partial charge in [0, 0.05) is 25.9 Å². The van der Waals surface area contributed by atoms with E-state index in [2.05, 4.69) is 0 Å². The summed E-state index contributed by atoms with van der Waals surface area (Å²) in [7, 11) is 0. The number of carbonyl (C=O) groups excluding carboxylic acids is 1. The fraction of sp³-hybridized carbons (Fsp3) is 0.696. The van der Waals surface area contributed by atoms with Crippen LogP contribution in [-0.4, -0.2) is 47.2 Å². The minimum Gasteiger partial charge on any atom is -0.393 e. The number of aliphatic hydroxyl groups excluding tert-OH is 1. The summed E-state index contributed by atoms with van der Waals surface area (Å²) in [5.41, 5.74) is 0.263. The molecule has 0 aromatic heterocycles. The van der Waals surface area contributed by atoms with Crippen molar-refractivity contribution in [3.8, 4) is 0 Å². The van der Waals surface area contributed by atoms with Crippen LogP contribution in [0.4, 0.5) is 0 Å². The number of benzene rings is 1. The highest BCUT2D eigenvalue weighted by Gasteiger charge is 2.44. The minimum absolute atomic E-state index is 0.0491. The predicted octanol–water partition coefficient (Wildman–Crippen LogP) is 3.26. The number of hydrogen-bond donors (Lipinski definition) is 2. The molecule has 1 saturated heterocycles. The lowest BCUT2D eigenvalue weighted by molar-refractivity contribution is -0.197. The summed E-state index contributed by atoms with van der Waals surface area (Å²) in [6.45, 7) is 2.58. The Labute approximate surface area is 168 Å². The molecule has 2 aliphatic rings. The quantitative estimate of drug-likeness (QED) is 0.633. The Morgan fingerprint density at radius 3 is 2.71 bits per heavy atom. The Morgan fingerprint density at radius 2 is 2.04 bits per heavy atom. The highest BCUT2D eigenvalue weighted by atomic mass is 16.7. The van der Waals surface area contributed by atoms with Crippen molar-refractivity contribution in [2.45, 2.75) is 82.4 Å². The van der Waals surface area contributed by atoms with Gasteiger partial charge in [-0.05, 0) is 56.4 Å². The average molecular weight is 391 g/mol. The Kier molecular flexibility index (Phi) is 7.63. The molecular weight excluding hydrogens is 356 g/mol. The minimum atomic E-state index is -0.841. The molecule has 6 atom stereocenters. The van der Waals surface area contributed by atoms with Gasteiger partial charge in [0.15, 0.2) is 6.29 Å². The van der Waals surface area contributed by atoms with Gasteiger partial charge in [-0.25, -0.2) is 0 Å². The third kappa shape index (κ3) is 5.86. The standard InChI is InChI=1S/C23H34O5/c1-23(26,16-17-7-3-2-4-8-17)12-10-19-18(11-13-24)20(25)15-21(19)28-22-9-5-6-14-27-22/h2-4,7-8,13,18-22,25-26H,5-6,9-12,14-16H2,1H3. The van der Waals surface area contributed by atoms with Gasteiger partial charge in [0.05, 0.1) is 17.8 Å². The molecule has 2 fully saturated rings. The van der Waals surface area contributed by atoms with Crippen LogP contribution in [-0.2, 0) is 20.7 Å². The van der Waals surface area contributed by atoms with Gasteiger partial charge in [-0.3, -0.25) is 0 Å². The van der Waals surface area contributed by atoms with Crippen LogP contribution in [0.15, 0.2) is 30.3 Å². The Bertz CT molecular complexity index is 596. The molecule has 0 radical (unpaired) electrons. The normalized spacial score (nSPS) is 32.8. The van der Waals surface area contributed by atoms with Gasteiger partial charge in [0.2, 0.25) is 0 Å². The number of ether oxygens (including phenoxy) is 2. The summed E-state index contributed by atoms with van der Waals surface area (Å²) in [6.07, 6.45) is 5.80. The van der Waals surface area contributed by atoms with Crippen LogP contribution < -0.4 is 0 Å². The molecule has 1 aliphatic carbocycles. The van der Waals surface area contributed by atoms with E-state index in [1.54, 1.807) is 0 Å². The molecule has 0 amide bonds. The second-order valence-corrected chi connectivity index (χ2v) is 8.70. The van der Waals surface area contributed by atoms with Crippen LogP contribution in [0, 0.1) is 11.8 Å². The monoisotopic (exact) mass is 390 g/mol. The van der Waals surface area contributed by atoms with Gasteiger partial charge >= 0.3 is 0 Å². The van der Waals surface area contributed by atoms with E-state index in [1.807, 2.05) is 37.3 Å². The highest BCUT2D eigenvalue weighted by molar-refractivity contribution is 5.50. The lowest BCUT2D eigenvalue weighted by Gasteiger charge is -2.32. The van der Waals surface area contributed by atoms with Crippen molar-refractivity contribution in [1.82, 2.24) is 0 Å². The SMILES string of the molecule is CC(O)(CCC1C(OC2CCCCO2)CC(O)C1CC=O)Cc1ccccc1. The van der Waals surface area contributed by atoms with E-state index in [0.29, 0.717) is 38.7 Å². The van der Waals surface area contributed by atoms with Crippen molar-refractivity contribution in [2.24, 2.45) is 11.8 Å². The number of carbonyl (C=O) groups is 1. The summed E-state index contributed by atoms with van der Waals surface area (Å²) in [6, 6.07) is 9.97. The first kappa shape index (κ1) is 21.4. The second kappa shape index (κ2) is 9.97. The van der Waals surface area contributed by atoms with Crippen molar-refractivity contribution in [2.75, 3.05) is 6.61 Å². The molecule has 28 heavy (non-hydrogen) atoms. The molecule has 2 N–H and O–H groups in total. The lowest BCUT2D eigenvalue weighted by Crippen LogP contribution is -2.34. The smallest absolute Gasteiger partial charge is 0.157 e. The van der Waals surface area contributed by atoms with Crippen molar-refractivity contribution in [1.29, 1.82) is 0 Å². The van der Waals surface area contributed by atoms with E-state index in [9.17, 15) is 15.0 Å². The predicted molar refractivity (Wildman–Crippen MR) is 107 cm³/mol. The second-order valence-electron chi connectivity index (χ2n) is 8.70. The maximum absolute atomic E-state index is 11.2. The molecule has 1 aliphatic heterocycles. The van der Waals surface area contributed by atoms with Gasteiger partial charge in [0.25, 0.3) is 0 Å². The third-order valence-electron chi connectivity index (χ3n) is 6.27. The molecule has 1 aromatic rings. The van der Waals surface area contributed by atoms with Crippen molar-refractivity contribution >= 4 is 6.29 Å². The van der Waals surface area contributed by atoms with Crippen molar-refractivity contribution < 1.29 is 24.5 Å². The summed E-state index contributed by atoms with van der Waals surface area (Å²) < 4.78 is 11.9. The van der Waals surface area contributed by atoms with Gasteiger partial charge in [-0.1, -0.05) is 30.3 Å². The maximum Gasteiger partial charge on any atom is 0.157 e. The maximum atomic E-state index is 11.2. The first-order valence-corrected chi connectivity index (χ1v) is 10.6. The van der Waals surface area contributed by atoms with Crippen LogP contribution in [0.25, 0.3) is 0 Å². The first-order valence-electron chi connectivity index (χ1n) is 10.6. The molecule has 156 valence electrons. The van der Waals surface area contributed by atoms with Crippen LogP contribution in [0.2, 0.25) is 0 Å². The van der Waals surface area contributed by atoms with E-state index < -0.39 is 11.7 Å². The first-order chi connectivity index (χ1) is 13.5.